The fraction of sp³-hybridized carbons (Fsp3) is 0.286. The molecule has 19 heavy (non-hydrogen) atoms. The lowest BCUT2D eigenvalue weighted by Crippen LogP contribution is -2.36. The van der Waals surface area contributed by atoms with Gasteiger partial charge in [-0.2, -0.15) is 5.10 Å². The van der Waals surface area contributed by atoms with Gasteiger partial charge in [-0.15, -0.1) is 0 Å². The van der Waals surface area contributed by atoms with Gasteiger partial charge in [-0.05, 0) is 19.4 Å². The second kappa shape index (κ2) is 5.56. The Morgan fingerprint density at radius 2 is 2.05 bits per heavy atom. The number of rotatable bonds is 4. The van der Waals surface area contributed by atoms with E-state index in [1.807, 2.05) is 44.2 Å². The summed E-state index contributed by atoms with van der Waals surface area (Å²) in [5.41, 5.74) is 7.05. The van der Waals surface area contributed by atoms with Crippen LogP contribution in [-0.4, -0.2) is 27.0 Å². The molecule has 0 saturated carbocycles. The average Bonchev–Trinajstić information content (AvgIpc) is 2.83. The van der Waals surface area contributed by atoms with E-state index >= 15 is 0 Å². The topological polar surface area (TPSA) is 75.0 Å². The van der Waals surface area contributed by atoms with Crippen LogP contribution in [0, 0.1) is 0 Å². The Morgan fingerprint density at radius 1 is 1.37 bits per heavy atom. The van der Waals surface area contributed by atoms with Crippen molar-refractivity contribution in [2.75, 3.05) is 5.73 Å². The third-order valence-corrected chi connectivity index (χ3v) is 2.91. The molecule has 0 aliphatic carbocycles. The number of anilines is 1. The quantitative estimate of drug-likeness (QED) is 0.881. The smallest absolute Gasteiger partial charge is 0.272 e. The van der Waals surface area contributed by atoms with Gasteiger partial charge in [0.1, 0.15) is 11.5 Å². The lowest BCUT2D eigenvalue weighted by atomic mass is 10.1. The highest BCUT2D eigenvalue weighted by Gasteiger charge is 2.20. The molecule has 1 heterocycles. The maximum absolute atomic E-state index is 12.4. The van der Waals surface area contributed by atoms with E-state index in [9.17, 15) is 4.79 Å². The third kappa shape index (κ3) is 3.13. The molecule has 1 aromatic carbocycles. The first-order chi connectivity index (χ1) is 9.08. The first-order valence-electron chi connectivity index (χ1n) is 6.23. The summed E-state index contributed by atoms with van der Waals surface area (Å²) in [4.78, 5) is 14.2. The fourth-order valence-electron chi connectivity index (χ4n) is 1.87. The van der Waals surface area contributed by atoms with Gasteiger partial charge >= 0.3 is 0 Å². The number of hydrogen-bond donors (Lipinski definition) is 2. The molecule has 5 nitrogen and oxygen atoms in total. The second-order valence-electron chi connectivity index (χ2n) is 4.72. The predicted molar refractivity (Wildman–Crippen MR) is 74.5 cm³/mol. The van der Waals surface area contributed by atoms with Crippen molar-refractivity contribution in [1.82, 2.24) is 15.1 Å². The van der Waals surface area contributed by atoms with E-state index in [0.717, 1.165) is 5.56 Å². The molecule has 0 fully saturated rings. The minimum absolute atomic E-state index is 0.0944. The van der Waals surface area contributed by atoms with Gasteiger partial charge in [0, 0.05) is 18.7 Å². The summed E-state index contributed by atoms with van der Waals surface area (Å²) in [6, 6.07) is 11.5. The third-order valence-electron chi connectivity index (χ3n) is 2.91. The molecule has 1 amide bonds. The van der Waals surface area contributed by atoms with Gasteiger partial charge in [-0.3, -0.25) is 9.89 Å². The van der Waals surface area contributed by atoms with E-state index < -0.39 is 0 Å². The molecule has 0 bridgehead atoms. The standard InChI is InChI=1S/C14H18N4O/c1-10(2)18(9-11-6-4-3-5-7-11)14(19)12-8-13(15)17-16-12/h3-8,10H,9H2,1-2H3,(H3,15,16,17). The number of hydrogen-bond acceptors (Lipinski definition) is 3. The van der Waals surface area contributed by atoms with Gasteiger partial charge in [0.15, 0.2) is 0 Å². The Labute approximate surface area is 112 Å². The van der Waals surface area contributed by atoms with Crippen LogP contribution in [0.5, 0.6) is 0 Å². The van der Waals surface area contributed by atoms with Crippen molar-refractivity contribution in [3.05, 3.63) is 47.7 Å². The van der Waals surface area contributed by atoms with Crippen LogP contribution in [0.1, 0.15) is 29.9 Å². The molecule has 0 unspecified atom stereocenters. The number of carbonyl (C=O) groups is 1. The van der Waals surface area contributed by atoms with E-state index in [4.69, 9.17) is 5.73 Å². The van der Waals surface area contributed by atoms with Crippen molar-refractivity contribution in [2.45, 2.75) is 26.4 Å². The van der Waals surface area contributed by atoms with E-state index in [1.165, 1.54) is 0 Å². The molecule has 0 aliphatic rings. The zero-order chi connectivity index (χ0) is 13.8. The molecule has 0 spiro atoms. The van der Waals surface area contributed by atoms with E-state index in [1.54, 1.807) is 11.0 Å². The number of H-pyrrole nitrogens is 1. The molecule has 5 heteroatoms. The predicted octanol–water partition coefficient (Wildman–Crippen LogP) is 2.04. The van der Waals surface area contributed by atoms with E-state index in [0.29, 0.717) is 18.1 Å². The van der Waals surface area contributed by atoms with E-state index in [2.05, 4.69) is 10.2 Å². The summed E-state index contributed by atoms with van der Waals surface area (Å²) in [5, 5.41) is 6.45. The first kappa shape index (κ1) is 13.1. The number of aromatic amines is 1. The summed E-state index contributed by atoms with van der Waals surface area (Å²) < 4.78 is 0. The van der Waals surface area contributed by atoms with E-state index in [-0.39, 0.29) is 11.9 Å². The van der Waals surface area contributed by atoms with Crippen molar-refractivity contribution in [2.24, 2.45) is 0 Å². The Hall–Kier alpha value is -2.30. The minimum atomic E-state index is -0.0944. The molecule has 100 valence electrons. The number of carbonyl (C=O) groups excluding carboxylic acids is 1. The number of amides is 1. The van der Waals surface area contributed by atoms with Gasteiger partial charge in [0.2, 0.25) is 0 Å². The monoisotopic (exact) mass is 258 g/mol. The van der Waals surface area contributed by atoms with Gasteiger partial charge < -0.3 is 10.6 Å². The Kier molecular flexibility index (Phi) is 3.85. The van der Waals surface area contributed by atoms with Gasteiger partial charge in [0.25, 0.3) is 5.91 Å². The van der Waals surface area contributed by atoms with Crippen LogP contribution in [0.3, 0.4) is 0 Å². The van der Waals surface area contributed by atoms with Crippen molar-refractivity contribution >= 4 is 11.7 Å². The Balaban J connectivity index is 2.19. The molecular weight excluding hydrogens is 240 g/mol. The summed E-state index contributed by atoms with van der Waals surface area (Å²) in [6.45, 7) is 4.54. The van der Waals surface area contributed by atoms with Crippen LogP contribution in [-0.2, 0) is 6.54 Å². The summed E-state index contributed by atoms with van der Waals surface area (Å²) >= 11 is 0. The SMILES string of the molecule is CC(C)N(Cc1ccccc1)C(=O)c1cc(N)n[nH]1. The molecule has 0 radical (unpaired) electrons. The molecule has 2 rings (SSSR count). The number of benzene rings is 1. The number of nitrogen functional groups attached to an aromatic ring is 1. The lowest BCUT2D eigenvalue weighted by Gasteiger charge is -2.26. The highest BCUT2D eigenvalue weighted by atomic mass is 16.2. The Morgan fingerprint density at radius 3 is 2.58 bits per heavy atom. The van der Waals surface area contributed by atoms with Crippen LogP contribution >= 0.6 is 0 Å². The van der Waals surface area contributed by atoms with Crippen LogP contribution in [0.25, 0.3) is 0 Å². The van der Waals surface area contributed by atoms with Crippen LogP contribution in [0.2, 0.25) is 0 Å². The second-order valence-corrected chi connectivity index (χ2v) is 4.72. The molecular formula is C14H18N4O. The van der Waals surface area contributed by atoms with Crippen molar-refractivity contribution < 1.29 is 4.79 Å². The number of nitrogens with two attached hydrogens (primary N) is 1. The maximum atomic E-state index is 12.4. The molecule has 2 aromatic rings. The fourth-order valence-corrected chi connectivity index (χ4v) is 1.87. The molecule has 0 atom stereocenters. The highest BCUT2D eigenvalue weighted by molar-refractivity contribution is 5.93. The van der Waals surface area contributed by atoms with Crippen LogP contribution < -0.4 is 5.73 Å². The largest absolute Gasteiger partial charge is 0.382 e. The van der Waals surface area contributed by atoms with Gasteiger partial charge in [-0.25, -0.2) is 0 Å². The summed E-state index contributed by atoms with van der Waals surface area (Å²) in [6.07, 6.45) is 0. The number of aromatic nitrogens is 2. The van der Waals surface area contributed by atoms with Crippen LogP contribution in [0.4, 0.5) is 5.82 Å². The highest BCUT2D eigenvalue weighted by Crippen LogP contribution is 2.13. The van der Waals surface area contributed by atoms with Crippen molar-refractivity contribution in [1.29, 1.82) is 0 Å². The van der Waals surface area contributed by atoms with Crippen molar-refractivity contribution in [3.8, 4) is 0 Å². The van der Waals surface area contributed by atoms with Gasteiger partial charge in [0.05, 0.1) is 0 Å². The molecule has 1 aromatic heterocycles. The molecule has 3 N–H and O–H groups in total. The number of nitrogens with one attached hydrogen (secondary N) is 1. The summed E-state index contributed by atoms with van der Waals surface area (Å²) in [5.74, 6) is 0.231. The minimum Gasteiger partial charge on any atom is -0.382 e. The molecule has 0 saturated heterocycles. The first-order valence-corrected chi connectivity index (χ1v) is 6.23. The summed E-state index contributed by atoms with van der Waals surface area (Å²) in [7, 11) is 0. The lowest BCUT2D eigenvalue weighted by molar-refractivity contribution is 0.0684. The number of nitrogens with zero attached hydrogens (tertiary/aromatic N) is 2. The van der Waals surface area contributed by atoms with Crippen LogP contribution in [0.15, 0.2) is 36.4 Å². The molecule has 0 aliphatic heterocycles. The normalized spacial score (nSPS) is 10.7. The maximum Gasteiger partial charge on any atom is 0.272 e. The average molecular weight is 258 g/mol. The van der Waals surface area contributed by atoms with Gasteiger partial charge in [-0.1, -0.05) is 30.3 Å². The zero-order valence-electron chi connectivity index (χ0n) is 11.1. The zero-order valence-corrected chi connectivity index (χ0v) is 11.1. The van der Waals surface area contributed by atoms with Crippen molar-refractivity contribution in [3.63, 3.8) is 0 Å². The Bertz CT molecular complexity index is 548.